The number of methoxy groups -OCH3 is 1. The van der Waals surface area contributed by atoms with Crippen molar-refractivity contribution in [3.8, 4) is 0 Å². The van der Waals surface area contributed by atoms with Gasteiger partial charge in [0, 0.05) is 24.9 Å². The van der Waals surface area contributed by atoms with E-state index in [1.54, 1.807) is 6.07 Å². The van der Waals surface area contributed by atoms with E-state index in [1.165, 1.54) is 7.11 Å². The Morgan fingerprint density at radius 1 is 1.44 bits per heavy atom. The predicted octanol–water partition coefficient (Wildman–Crippen LogP) is 0.623. The summed E-state index contributed by atoms with van der Waals surface area (Å²) in [5, 5.41) is 12.1. The van der Waals surface area contributed by atoms with Crippen molar-refractivity contribution in [2.75, 3.05) is 26.0 Å². The number of rotatable bonds is 5. The average Bonchev–Trinajstić information content (AvgIpc) is 2.31. The summed E-state index contributed by atoms with van der Waals surface area (Å²) in [4.78, 5) is 11.9. The highest BCUT2D eigenvalue weighted by Gasteiger charge is 2.12. The molecule has 0 saturated carbocycles. The van der Waals surface area contributed by atoms with E-state index in [0.29, 0.717) is 11.3 Å². The fourth-order valence-corrected chi connectivity index (χ4v) is 1.67. The minimum Gasteiger partial charge on any atom is -0.398 e. The van der Waals surface area contributed by atoms with Gasteiger partial charge >= 0.3 is 0 Å². The molecule has 0 aliphatic heterocycles. The van der Waals surface area contributed by atoms with Crippen LogP contribution in [-0.2, 0) is 4.74 Å². The molecule has 1 unspecified atom stereocenters. The number of nitrogen functional groups attached to an aromatic ring is 1. The van der Waals surface area contributed by atoms with Crippen LogP contribution in [0.5, 0.6) is 0 Å². The van der Waals surface area contributed by atoms with Crippen molar-refractivity contribution in [3.63, 3.8) is 0 Å². The van der Waals surface area contributed by atoms with Gasteiger partial charge in [0.25, 0.3) is 5.91 Å². The van der Waals surface area contributed by atoms with Crippen LogP contribution >= 0.6 is 0 Å². The highest BCUT2D eigenvalue weighted by atomic mass is 16.5. The molecule has 18 heavy (non-hydrogen) atoms. The number of aryl methyl sites for hydroxylation is 2. The van der Waals surface area contributed by atoms with E-state index in [2.05, 4.69) is 5.32 Å². The minimum absolute atomic E-state index is 0.153. The zero-order chi connectivity index (χ0) is 13.7. The van der Waals surface area contributed by atoms with E-state index in [1.807, 2.05) is 19.9 Å². The molecule has 4 N–H and O–H groups in total. The number of carbonyl (C=O) groups excluding carboxylic acids is 1. The van der Waals surface area contributed by atoms with Gasteiger partial charge in [0.1, 0.15) is 0 Å². The second kappa shape index (κ2) is 6.37. The van der Waals surface area contributed by atoms with E-state index >= 15 is 0 Å². The Balaban J connectivity index is 2.70. The van der Waals surface area contributed by atoms with Crippen LogP contribution in [0.1, 0.15) is 21.5 Å². The van der Waals surface area contributed by atoms with Gasteiger partial charge in [0.2, 0.25) is 0 Å². The molecule has 0 spiro atoms. The first kappa shape index (κ1) is 14.5. The zero-order valence-corrected chi connectivity index (χ0v) is 11.0. The molecule has 0 saturated heterocycles. The average molecular weight is 252 g/mol. The molecule has 0 aliphatic carbocycles. The lowest BCUT2D eigenvalue weighted by atomic mass is 10.0. The number of anilines is 1. The van der Waals surface area contributed by atoms with Gasteiger partial charge < -0.3 is 20.9 Å². The number of aliphatic hydroxyl groups excluding tert-OH is 1. The van der Waals surface area contributed by atoms with E-state index < -0.39 is 6.10 Å². The van der Waals surface area contributed by atoms with Crippen molar-refractivity contribution in [2.24, 2.45) is 0 Å². The molecule has 5 nitrogen and oxygen atoms in total. The summed E-state index contributed by atoms with van der Waals surface area (Å²) in [6, 6.07) is 3.53. The fourth-order valence-electron chi connectivity index (χ4n) is 1.67. The second-order valence-electron chi connectivity index (χ2n) is 4.34. The number of carbonyl (C=O) groups is 1. The van der Waals surface area contributed by atoms with Crippen LogP contribution in [-0.4, -0.2) is 37.4 Å². The van der Waals surface area contributed by atoms with Crippen LogP contribution < -0.4 is 11.1 Å². The van der Waals surface area contributed by atoms with Gasteiger partial charge in [0.05, 0.1) is 12.7 Å². The molecular weight excluding hydrogens is 232 g/mol. The first-order valence-electron chi connectivity index (χ1n) is 5.77. The quantitative estimate of drug-likeness (QED) is 0.671. The lowest BCUT2D eigenvalue weighted by molar-refractivity contribution is 0.0609. The molecule has 0 aromatic heterocycles. The molecule has 1 aromatic rings. The van der Waals surface area contributed by atoms with Gasteiger partial charge in [-0.15, -0.1) is 0 Å². The Morgan fingerprint density at radius 3 is 2.72 bits per heavy atom. The third-order valence-electron chi connectivity index (χ3n) is 2.71. The molecule has 1 amide bonds. The van der Waals surface area contributed by atoms with Gasteiger partial charge in [0.15, 0.2) is 0 Å². The van der Waals surface area contributed by atoms with Gasteiger partial charge in [-0.2, -0.15) is 0 Å². The van der Waals surface area contributed by atoms with E-state index in [9.17, 15) is 9.90 Å². The number of nitrogens with two attached hydrogens (primary N) is 1. The maximum atomic E-state index is 11.9. The minimum atomic E-state index is -0.706. The Morgan fingerprint density at radius 2 is 2.11 bits per heavy atom. The first-order chi connectivity index (χ1) is 8.45. The maximum Gasteiger partial charge on any atom is 0.251 e. The number of amides is 1. The van der Waals surface area contributed by atoms with Crippen molar-refractivity contribution in [1.29, 1.82) is 0 Å². The summed E-state index contributed by atoms with van der Waals surface area (Å²) in [6.07, 6.45) is -0.706. The van der Waals surface area contributed by atoms with Crippen LogP contribution in [0.15, 0.2) is 12.1 Å². The smallest absolute Gasteiger partial charge is 0.251 e. The summed E-state index contributed by atoms with van der Waals surface area (Å²) in [6.45, 7) is 4.09. The monoisotopic (exact) mass is 252 g/mol. The normalized spacial score (nSPS) is 12.2. The highest BCUT2D eigenvalue weighted by molar-refractivity contribution is 5.96. The summed E-state index contributed by atoms with van der Waals surface area (Å²) in [5.41, 5.74) is 8.71. The van der Waals surface area contributed by atoms with Crippen molar-refractivity contribution < 1.29 is 14.6 Å². The molecule has 1 aromatic carbocycles. The van der Waals surface area contributed by atoms with Gasteiger partial charge in [-0.25, -0.2) is 0 Å². The van der Waals surface area contributed by atoms with Crippen molar-refractivity contribution >= 4 is 11.6 Å². The maximum absolute atomic E-state index is 11.9. The van der Waals surface area contributed by atoms with Crippen molar-refractivity contribution in [2.45, 2.75) is 20.0 Å². The number of nitrogens with one attached hydrogen (secondary N) is 1. The third-order valence-corrected chi connectivity index (χ3v) is 2.71. The van der Waals surface area contributed by atoms with Gasteiger partial charge in [-0.1, -0.05) is 6.07 Å². The second-order valence-corrected chi connectivity index (χ2v) is 4.34. The SMILES string of the molecule is COCC(O)CNC(=O)c1cc(N)c(C)cc1C. The van der Waals surface area contributed by atoms with Crippen LogP contribution in [0.2, 0.25) is 0 Å². The number of benzene rings is 1. The first-order valence-corrected chi connectivity index (χ1v) is 5.77. The third kappa shape index (κ3) is 3.72. The lowest BCUT2D eigenvalue weighted by Crippen LogP contribution is -2.34. The Bertz CT molecular complexity index is 432. The predicted molar refractivity (Wildman–Crippen MR) is 70.5 cm³/mol. The standard InChI is InChI=1S/C13H20N2O3/c1-8-4-9(2)12(14)5-11(8)13(17)15-6-10(16)7-18-3/h4-5,10,16H,6-7,14H2,1-3H3,(H,15,17). The zero-order valence-electron chi connectivity index (χ0n) is 11.0. The molecule has 0 fully saturated rings. The van der Waals surface area contributed by atoms with Crippen LogP contribution in [0.3, 0.4) is 0 Å². The summed E-state index contributed by atoms with van der Waals surface area (Å²) >= 11 is 0. The molecule has 0 bridgehead atoms. The number of ether oxygens (including phenoxy) is 1. The number of hydrogen-bond acceptors (Lipinski definition) is 4. The van der Waals surface area contributed by atoms with E-state index in [-0.39, 0.29) is 19.1 Å². The highest BCUT2D eigenvalue weighted by Crippen LogP contribution is 2.17. The van der Waals surface area contributed by atoms with Gasteiger partial charge in [-0.05, 0) is 31.0 Å². The largest absolute Gasteiger partial charge is 0.398 e. The molecule has 0 aliphatic rings. The van der Waals surface area contributed by atoms with Crippen molar-refractivity contribution in [3.05, 3.63) is 28.8 Å². The van der Waals surface area contributed by atoms with E-state index in [4.69, 9.17) is 10.5 Å². The summed E-state index contributed by atoms with van der Waals surface area (Å²) in [7, 11) is 1.50. The van der Waals surface area contributed by atoms with E-state index in [0.717, 1.165) is 11.1 Å². The van der Waals surface area contributed by atoms with Crippen LogP contribution in [0.4, 0.5) is 5.69 Å². The van der Waals surface area contributed by atoms with Crippen LogP contribution in [0.25, 0.3) is 0 Å². The molecule has 0 radical (unpaired) electrons. The topological polar surface area (TPSA) is 84.6 Å². The Hall–Kier alpha value is -1.59. The molecule has 100 valence electrons. The molecule has 1 rings (SSSR count). The number of hydrogen-bond donors (Lipinski definition) is 3. The van der Waals surface area contributed by atoms with Crippen LogP contribution in [0, 0.1) is 13.8 Å². The molecule has 5 heteroatoms. The molecule has 0 heterocycles. The number of aliphatic hydroxyl groups is 1. The summed E-state index contributed by atoms with van der Waals surface area (Å²) in [5.74, 6) is -0.241. The van der Waals surface area contributed by atoms with Crippen molar-refractivity contribution in [1.82, 2.24) is 5.32 Å². The lowest BCUT2D eigenvalue weighted by Gasteiger charge is -2.13. The summed E-state index contributed by atoms with van der Waals surface area (Å²) < 4.78 is 4.78. The Kier molecular flexibility index (Phi) is 5.12. The van der Waals surface area contributed by atoms with Gasteiger partial charge in [-0.3, -0.25) is 4.79 Å². The molecule has 1 atom stereocenters. The Labute approximate surface area is 107 Å². The molecular formula is C13H20N2O3. The fraction of sp³-hybridized carbons (Fsp3) is 0.462.